The van der Waals surface area contributed by atoms with Crippen LogP contribution < -0.4 is 0 Å². The van der Waals surface area contributed by atoms with Crippen molar-refractivity contribution in [2.75, 3.05) is 6.26 Å². The van der Waals surface area contributed by atoms with E-state index in [1.807, 2.05) is 0 Å². The smallest absolute Gasteiger partial charge is 0.115 e. The lowest BCUT2D eigenvalue weighted by molar-refractivity contribution is 0.691. The van der Waals surface area contributed by atoms with Crippen molar-refractivity contribution in [1.82, 2.24) is 0 Å². The minimum Gasteiger partial charge on any atom is -0.255 e. The largest absolute Gasteiger partial charge is 0.255 e. The zero-order chi connectivity index (χ0) is 11.8. The van der Waals surface area contributed by atoms with Crippen LogP contribution in [0.2, 0.25) is 0 Å². The van der Waals surface area contributed by atoms with Gasteiger partial charge in [-0.25, -0.2) is 0 Å². The molecular weight excluding hydrogens is 251 g/mol. The van der Waals surface area contributed by atoms with E-state index in [4.69, 9.17) is 23.2 Å². The summed E-state index contributed by atoms with van der Waals surface area (Å²) < 4.78 is 10.2. The molecule has 0 aliphatic heterocycles. The maximum atomic E-state index is 10.1. The monoisotopic (exact) mass is 264 g/mol. The van der Waals surface area contributed by atoms with Crippen molar-refractivity contribution in [1.29, 1.82) is 0 Å². The molecule has 0 saturated heterocycles. The fourth-order valence-electron chi connectivity index (χ4n) is 0.762. The Labute approximate surface area is 104 Å². The Hall–Kier alpha value is -0.310. The molecule has 0 aliphatic carbocycles. The fraction of sp³-hybridized carbons (Fsp3) is 0.273. The minimum absolute atomic E-state index is 0.0563. The lowest BCUT2D eigenvalue weighted by Gasteiger charge is -1.90. The van der Waals surface area contributed by atoms with E-state index in [-0.39, 0.29) is 4.49 Å². The quantitative estimate of drug-likeness (QED) is 0.751. The van der Waals surface area contributed by atoms with Crippen molar-refractivity contribution in [3.05, 3.63) is 45.3 Å². The Morgan fingerprint density at radius 1 is 1.13 bits per heavy atom. The Morgan fingerprint density at radius 3 is 1.60 bits per heavy atom. The Bertz CT molecular complexity index is 319. The Kier molecular flexibility index (Phi) is 7.75. The molecule has 1 nitrogen and oxygen atoms in total. The van der Waals surface area contributed by atoms with E-state index in [0.717, 1.165) is 0 Å². The first-order valence-corrected chi connectivity index (χ1v) is 6.68. The molecule has 0 N–H and O–H groups in total. The van der Waals surface area contributed by atoms with Gasteiger partial charge in [0.15, 0.2) is 0 Å². The highest BCUT2D eigenvalue weighted by molar-refractivity contribution is 7.87. The first-order valence-electron chi connectivity index (χ1n) is 4.30. The van der Waals surface area contributed by atoms with Gasteiger partial charge in [-0.15, -0.1) is 0 Å². The van der Waals surface area contributed by atoms with Crippen LogP contribution in [0.3, 0.4) is 0 Å². The first-order chi connectivity index (χ1) is 6.91. The SMILES string of the molecule is CS(=O)C=C(Cl)Cl.Cc1ccc(C)cc1. The van der Waals surface area contributed by atoms with Crippen LogP contribution in [0.15, 0.2) is 34.2 Å². The highest BCUT2D eigenvalue weighted by Crippen LogP contribution is 2.05. The summed E-state index contributed by atoms with van der Waals surface area (Å²) in [5, 5.41) is 1.25. The molecule has 0 amide bonds. The van der Waals surface area contributed by atoms with Crippen LogP contribution in [0.1, 0.15) is 11.1 Å². The van der Waals surface area contributed by atoms with Gasteiger partial charge >= 0.3 is 0 Å². The van der Waals surface area contributed by atoms with Crippen LogP contribution in [0.5, 0.6) is 0 Å². The molecule has 0 fully saturated rings. The summed E-state index contributed by atoms with van der Waals surface area (Å²) in [5.41, 5.74) is 2.66. The molecule has 4 heteroatoms. The molecular formula is C11H14Cl2OS. The van der Waals surface area contributed by atoms with Gasteiger partial charge in [0, 0.05) is 22.5 Å². The zero-order valence-corrected chi connectivity index (χ0v) is 11.3. The fourth-order valence-corrected chi connectivity index (χ4v) is 1.77. The van der Waals surface area contributed by atoms with Crippen molar-refractivity contribution < 1.29 is 4.21 Å². The summed E-state index contributed by atoms with van der Waals surface area (Å²) in [6, 6.07) is 8.48. The van der Waals surface area contributed by atoms with Gasteiger partial charge in [-0.3, -0.25) is 4.21 Å². The van der Waals surface area contributed by atoms with E-state index in [1.54, 1.807) is 0 Å². The van der Waals surface area contributed by atoms with Crippen molar-refractivity contribution in [3.63, 3.8) is 0 Å². The average Bonchev–Trinajstić information content (AvgIpc) is 2.09. The number of benzene rings is 1. The lowest BCUT2D eigenvalue weighted by Crippen LogP contribution is -1.73. The molecule has 0 radical (unpaired) electrons. The lowest BCUT2D eigenvalue weighted by atomic mass is 10.2. The summed E-state index contributed by atoms with van der Waals surface area (Å²) in [7, 11) is -1.02. The average molecular weight is 265 g/mol. The van der Waals surface area contributed by atoms with Gasteiger partial charge in [-0.1, -0.05) is 58.6 Å². The molecule has 1 aromatic rings. The van der Waals surface area contributed by atoms with Gasteiger partial charge in [0.05, 0.1) is 0 Å². The van der Waals surface area contributed by atoms with Crippen molar-refractivity contribution in [2.45, 2.75) is 13.8 Å². The van der Waals surface area contributed by atoms with E-state index in [1.165, 1.54) is 22.8 Å². The number of aryl methyl sites for hydroxylation is 2. The molecule has 1 atom stereocenters. The molecule has 0 heterocycles. The van der Waals surface area contributed by atoms with E-state index in [0.29, 0.717) is 0 Å². The summed E-state index contributed by atoms with van der Waals surface area (Å²) in [4.78, 5) is 0. The zero-order valence-electron chi connectivity index (χ0n) is 8.96. The second-order valence-electron chi connectivity index (χ2n) is 3.06. The normalized spacial score (nSPS) is 11.0. The molecule has 0 aliphatic rings. The molecule has 0 saturated carbocycles. The molecule has 1 unspecified atom stereocenters. The van der Waals surface area contributed by atoms with Crippen LogP contribution in [0, 0.1) is 13.8 Å². The molecule has 15 heavy (non-hydrogen) atoms. The van der Waals surface area contributed by atoms with Crippen LogP contribution in [0.25, 0.3) is 0 Å². The minimum atomic E-state index is -1.02. The number of hydrogen-bond acceptors (Lipinski definition) is 1. The molecule has 0 spiro atoms. The highest BCUT2D eigenvalue weighted by atomic mass is 35.5. The molecule has 0 aromatic heterocycles. The van der Waals surface area contributed by atoms with E-state index in [9.17, 15) is 4.21 Å². The summed E-state index contributed by atoms with van der Waals surface area (Å²) in [5.74, 6) is 0. The third kappa shape index (κ3) is 9.98. The van der Waals surface area contributed by atoms with Gasteiger partial charge < -0.3 is 0 Å². The number of hydrogen-bond donors (Lipinski definition) is 0. The van der Waals surface area contributed by atoms with Crippen LogP contribution in [0.4, 0.5) is 0 Å². The first kappa shape index (κ1) is 14.7. The molecule has 1 aromatic carbocycles. The number of halogens is 2. The van der Waals surface area contributed by atoms with Gasteiger partial charge in [0.1, 0.15) is 4.49 Å². The predicted octanol–water partition coefficient (Wildman–Crippen LogP) is 3.94. The van der Waals surface area contributed by atoms with Gasteiger partial charge in [0.25, 0.3) is 0 Å². The third-order valence-corrected chi connectivity index (χ3v) is 2.52. The van der Waals surface area contributed by atoms with Crippen molar-refractivity contribution >= 4 is 34.0 Å². The summed E-state index contributed by atoms with van der Waals surface area (Å²) >= 11 is 10.2. The van der Waals surface area contributed by atoms with Crippen LogP contribution in [-0.2, 0) is 10.8 Å². The number of rotatable bonds is 1. The van der Waals surface area contributed by atoms with Gasteiger partial charge in [-0.05, 0) is 13.8 Å². The predicted molar refractivity (Wildman–Crippen MR) is 69.8 cm³/mol. The van der Waals surface area contributed by atoms with Crippen molar-refractivity contribution in [3.8, 4) is 0 Å². The Morgan fingerprint density at radius 2 is 1.47 bits per heavy atom. The van der Waals surface area contributed by atoms with Crippen molar-refractivity contribution in [2.24, 2.45) is 0 Å². The van der Waals surface area contributed by atoms with Crippen LogP contribution in [-0.4, -0.2) is 10.5 Å². The van der Waals surface area contributed by atoms with Gasteiger partial charge in [0.2, 0.25) is 0 Å². The topological polar surface area (TPSA) is 17.1 Å². The second kappa shape index (κ2) is 7.91. The van der Waals surface area contributed by atoms with E-state index in [2.05, 4.69) is 38.1 Å². The van der Waals surface area contributed by atoms with E-state index >= 15 is 0 Å². The van der Waals surface area contributed by atoms with E-state index < -0.39 is 10.8 Å². The Balaban J connectivity index is 0.000000265. The molecule has 1 rings (SSSR count). The molecule has 0 bridgehead atoms. The maximum Gasteiger partial charge on any atom is 0.115 e. The van der Waals surface area contributed by atoms with Crippen LogP contribution >= 0.6 is 23.2 Å². The third-order valence-electron chi connectivity index (χ3n) is 1.47. The highest BCUT2D eigenvalue weighted by Gasteiger charge is 1.83. The van der Waals surface area contributed by atoms with Gasteiger partial charge in [-0.2, -0.15) is 0 Å². The summed E-state index contributed by atoms with van der Waals surface area (Å²) in [6.45, 7) is 4.19. The molecule has 84 valence electrons. The second-order valence-corrected chi connectivity index (χ2v) is 5.30. The summed E-state index contributed by atoms with van der Waals surface area (Å²) in [6.07, 6.45) is 1.49. The maximum absolute atomic E-state index is 10.1. The standard InChI is InChI=1S/C8H10.C3H4Cl2OS/c1-7-3-5-8(2)6-4-7;1-7(6)2-3(4)5/h3-6H,1-2H3;2H,1H3.